The summed E-state index contributed by atoms with van der Waals surface area (Å²) in [7, 11) is 1.75. The summed E-state index contributed by atoms with van der Waals surface area (Å²) in [6.07, 6.45) is 8.01. The predicted octanol–water partition coefficient (Wildman–Crippen LogP) is 2.44. The Kier molecular flexibility index (Phi) is 4.79. The fraction of sp³-hybridized carbons (Fsp3) is 0.158. The predicted molar refractivity (Wildman–Crippen MR) is 102 cm³/mol. The van der Waals surface area contributed by atoms with Crippen molar-refractivity contribution in [3.8, 4) is 11.3 Å². The fourth-order valence-electron chi connectivity index (χ4n) is 2.87. The van der Waals surface area contributed by atoms with Gasteiger partial charge in [0.1, 0.15) is 0 Å². The Morgan fingerprint density at radius 2 is 2.12 bits per heavy atom. The summed E-state index contributed by atoms with van der Waals surface area (Å²) < 4.78 is 0. The number of carbonyl (C=O) groups excluding carboxylic acids is 1. The summed E-state index contributed by atoms with van der Waals surface area (Å²) in [6, 6.07) is 3.82. The first-order chi connectivity index (χ1) is 12.5. The maximum Gasteiger partial charge on any atom is 0.258 e. The van der Waals surface area contributed by atoms with E-state index in [1.54, 1.807) is 31.8 Å². The number of anilines is 1. The van der Waals surface area contributed by atoms with E-state index in [1.807, 2.05) is 26.0 Å². The Morgan fingerprint density at radius 1 is 1.31 bits per heavy atom. The van der Waals surface area contributed by atoms with Gasteiger partial charge in [0.25, 0.3) is 5.91 Å². The molecule has 26 heavy (non-hydrogen) atoms. The number of aryl methyl sites for hydroxylation is 1. The summed E-state index contributed by atoms with van der Waals surface area (Å²) in [4.78, 5) is 21.1. The first-order valence-electron chi connectivity index (χ1n) is 8.13. The Balaban J connectivity index is 2.07. The normalized spacial score (nSPS) is 15.2. The average Bonchev–Trinajstić information content (AvgIpc) is 2.96. The number of nitrogens with one attached hydrogen (secondary N) is 4. The van der Waals surface area contributed by atoms with Crippen LogP contribution in [0.1, 0.15) is 18.1 Å². The van der Waals surface area contributed by atoms with Crippen LogP contribution in [-0.4, -0.2) is 29.1 Å². The van der Waals surface area contributed by atoms with E-state index < -0.39 is 0 Å². The van der Waals surface area contributed by atoms with Gasteiger partial charge in [0, 0.05) is 48.7 Å². The summed E-state index contributed by atoms with van der Waals surface area (Å²) in [5.74, 6) is -0.194. The first-order valence-corrected chi connectivity index (χ1v) is 8.13. The van der Waals surface area contributed by atoms with Crippen LogP contribution in [0.25, 0.3) is 16.8 Å². The van der Waals surface area contributed by atoms with Crippen LogP contribution in [-0.2, 0) is 4.79 Å². The third-order valence-corrected chi connectivity index (χ3v) is 4.13. The number of allylic oxidation sites excluding steroid dienone is 2. The Morgan fingerprint density at radius 3 is 2.81 bits per heavy atom. The molecule has 132 valence electrons. The van der Waals surface area contributed by atoms with E-state index in [0.29, 0.717) is 22.7 Å². The first kappa shape index (κ1) is 17.3. The molecule has 0 bridgehead atoms. The quantitative estimate of drug-likeness (QED) is 0.491. The van der Waals surface area contributed by atoms with E-state index in [0.717, 1.165) is 22.4 Å². The molecule has 2 aromatic heterocycles. The lowest BCUT2D eigenvalue weighted by Gasteiger charge is -2.11. The number of rotatable bonds is 5. The number of amides is 1. The molecule has 1 amide bonds. The van der Waals surface area contributed by atoms with E-state index in [1.165, 1.54) is 6.21 Å². The van der Waals surface area contributed by atoms with E-state index >= 15 is 0 Å². The zero-order valence-electron chi connectivity index (χ0n) is 14.8. The van der Waals surface area contributed by atoms with Gasteiger partial charge in [0.15, 0.2) is 0 Å². The SMILES string of the molecule is CN/C=C(\C=N)N/C(C)=C1\C(=O)Nc2cnc(-c3cnccc3C)cc21. The number of fused-ring (bicyclic) bond motifs is 1. The zero-order valence-corrected chi connectivity index (χ0v) is 14.8. The second-order valence-electron chi connectivity index (χ2n) is 5.92. The highest BCUT2D eigenvalue weighted by Gasteiger charge is 2.27. The van der Waals surface area contributed by atoms with E-state index in [9.17, 15) is 4.79 Å². The molecule has 3 rings (SSSR count). The fourth-order valence-corrected chi connectivity index (χ4v) is 2.87. The van der Waals surface area contributed by atoms with Crippen LogP contribution >= 0.6 is 0 Å². The number of carbonyl (C=O) groups is 1. The van der Waals surface area contributed by atoms with Gasteiger partial charge < -0.3 is 21.4 Å². The number of nitrogens with zero attached hydrogens (tertiary/aromatic N) is 2. The van der Waals surface area contributed by atoms with Crippen LogP contribution in [0.3, 0.4) is 0 Å². The van der Waals surface area contributed by atoms with E-state index in [4.69, 9.17) is 5.41 Å². The van der Waals surface area contributed by atoms with Gasteiger partial charge in [0.2, 0.25) is 0 Å². The Bertz CT molecular complexity index is 945. The number of hydrogen-bond donors (Lipinski definition) is 4. The molecule has 0 aliphatic carbocycles. The van der Waals surface area contributed by atoms with Crippen molar-refractivity contribution in [2.45, 2.75) is 13.8 Å². The lowest BCUT2D eigenvalue weighted by Crippen LogP contribution is -2.18. The number of aromatic nitrogens is 2. The standard InChI is InChI=1S/C19H20N6O/c1-11-4-5-22-9-15(11)16-6-14-17(10-23-16)25-19(26)18(14)12(2)24-13(7-20)8-21-3/h4-10,20-21,24H,1-3H3,(H,25,26)/b13-8+,18-12-,20-7?. The van der Waals surface area contributed by atoms with Gasteiger partial charge >= 0.3 is 0 Å². The van der Waals surface area contributed by atoms with Crippen molar-refractivity contribution in [3.05, 3.63) is 59.4 Å². The van der Waals surface area contributed by atoms with E-state index in [2.05, 4.69) is 25.9 Å². The van der Waals surface area contributed by atoms with Crippen LogP contribution in [0, 0.1) is 12.3 Å². The molecule has 0 atom stereocenters. The third-order valence-electron chi connectivity index (χ3n) is 4.13. The van der Waals surface area contributed by atoms with Crippen molar-refractivity contribution < 1.29 is 4.79 Å². The molecule has 0 aromatic carbocycles. The summed E-state index contributed by atoms with van der Waals surface area (Å²) in [5, 5.41) is 16.3. The van der Waals surface area contributed by atoms with Crippen molar-refractivity contribution in [2.24, 2.45) is 0 Å². The van der Waals surface area contributed by atoms with E-state index in [-0.39, 0.29) is 5.91 Å². The smallest absolute Gasteiger partial charge is 0.258 e. The van der Waals surface area contributed by atoms with Gasteiger partial charge in [-0.15, -0.1) is 0 Å². The lowest BCUT2D eigenvalue weighted by atomic mass is 10.0. The molecule has 0 saturated carbocycles. The highest BCUT2D eigenvalue weighted by Crippen LogP contribution is 2.35. The van der Waals surface area contributed by atoms with Crippen molar-refractivity contribution in [3.63, 3.8) is 0 Å². The lowest BCUT2D eigenvalue weighted by molar-refractivity contribution is -0.110. The zero-order chi connectivity index (χ0) is 18.7. The van der Waals surface area contributed by atoms with Crippen LogP contribution in [0.15, 0.2) is 48.3 Å². The molecule has 2 aromatic rings. The monoisotopic (exact) mass is 348 g/mol. The summed E-state index contributed by atoms with van der Waals surface area (Å²) >= 11 is 0. The van der Waals surface area contributed by atoms with Crippen LogP contribution in [0.2, 0.25) is 0 Å². The molecule has 0 saturated heterocycles. The second kappa shape index (κ2) is 7.18. The van der Waals surface area contributed by atoms with Gasteiger partial charge in [-0.1, -0.05) is 0 Å². The molecule has 7 nitrogen and oxygen atoms in total. The summed E-state index contributed by atoms with van der Waals surface area (Å²) in [5.41, 5.74) is 5.95. The van der Waals surface area contributed by atoms with Gasteiger partial charge in [-0.05, 0) is 31.5 Å². The van der Waals surface area contributed by atoms with Crippen LogP contribution in [0.4, 0.5) is 5.69 Å². The number of hydrogen-bond acceptors (Lipinski definition) is 6. The highest BCUT2D eigenvalue weighted by molar-refractivity contribution is 6.32. The molecule has 0 radical (unpaired) electrons. The van der Waals surface area contributed by atoms with Crippen LogP contribution < -0.4 is 16.0 Å². The molecule has 4 N–H and O–H groups in total. The number of pyridine rings is 2. The van der Waals surface area contributed by atoms with Gasteiger partial charge in [-0.25, -0.2) is 0 Å². The Labute approximate surface area is 151 Å². The topological polar surface area (TPSA) is 103 Å². The summed E-state index contributed by atoms with van der Waals surface area (Å²) in [6.45, 7) is 3.81. The largest absolute Gasteiger partial charge is 0.392 e. The molecule has 1 aliphatic rings. The minimum absolute atomic E-state index is 0.194. The maximum atomic E-state index is 12.5. The van der Waals surface area contributed by atoms with Gasteiger partial charge in [0.05, 0.1) is 28.8 Å². The molecular weight excluding hydrogens is 328 g/mol. The third kappa shape index (κ3) is 3.19. The molecule has 0 unspecified atom stereocenters. The minimum atomic E-state index is -0.194. The van der Waals surface area contributed by atoms with Crippen molar-refractivity contribution in [2.75, 3.05) is 12.4 Å². The highest BCUT2D eigenvalue weighted by atomic mass is 16.2. The van der Waals surface area contributed by atoms with Crippen molar-refractivity contribution >= 4 is 23.4 Å². The van der Waals surface area contributed by atoms with Crippen molar-refractivity contribution in [1.29, 1.82) is 5.41 Å². The average molecular weight is 348 g/mol. The Hall–Kier alpha value is -3.48. The molecule has 0 fully saturated rings. The minimum Gasteiger partial charge on any atom is -0.392 e. The van der Waals surface area contributed by atoms with Crippen molar-refractivity contribution in [1.82, 2.24) is 20.6 Å². The molecule has 7 heteroatoms. The maximum absolute atomic E-state index is 12.5. The van der Waals surface area contributed by atoms with Gasteiger partial charge in [-0.3, -0.25) is 14.8 Å². The molecule has 3 heterocycles. The van der Waals surface area contributed by atoms with Gasteiger partial charge in [-0.2, -0.15) is 0 Å². The van der Waals surface area contributed by atoms with Crippen LogP contribution in [0.5, 0.6) is 0 Å². The molecule has 0 spiro atoms. The molecule has 1 aliphatic heterocycles. The second-order valence-corrected chi connectivity index (χ2v) is 5.92. The molecular formula is C19H20N6O.